The van der Waals surface area contributed by atoms with E-state index in [2.05, 4.69) is 0 Å². The minimum Gasteiger partial charge on any atom is -0.493 e. The average molecular weight is 333 g/mol. The molecule has 1 saturated heterocycles. The lowest BCUT2D eigenvalue weighted by atomic mass is 10.0. The Morgan fingerprint density at radius 3 is 2.41 bits per heavy atom. The van der Waals surface area contributed by atoms with Gasteiger partial charge in [-0.25, -0.2) is 12.8 Å². The van der Waals surface area contributed by atoms with E-state index in [9.17, 15) is 17.9 Å². The summed E-state index contributed by atoms with van der Waals surface area (Å²) in [5.74, 6) is -0.621. The maximum absolute atomic E-state index is 14.2. The van der Waals surface area contributed by atoms with Crippen molar-refractivity contribution in [3.63, 3.8) is 0 Å². The van der Waals surface area contributed by atoms with Crippen LogP contribution in [0.2, 0.25) is 0 Å². The number of sulfonamides is 1. The molecule has 1 fully saturated rings. The SMILES string of the molecule is COc1cc(F)c(S(=O)(=O)N2CC[C@H](O)C[C@@H]2C)cc1OC. The third kappa shape index (κ3) is 3.04. The molecule has 0 aromatic heterocycles. The van der Waals surface area contributed by atoms with Crippen molar-refractivity contribution in [1.82, 2.24) is 4.31 Å². The highest BCUT2D eigenvalue weighted by atomic mass is 32.2. The van der Waals surface area contributed by atoms with Crippen LogP contribution in [0.25, 0.3) is 0 Å². The van der Waals surface area contributed by atoms with Gasteiger partial charge in [0, 0.05) is 24.7 Å². The molecule has 124 valence electrons. The minimum absolute atomic E-state index is 0.126. The van der Waals surface area contributed by atoms with Gasteiger partial charge in [0.15, 0.2) is 11.5 Å². The summed E-state index contributed by atoms with van der Waals surface area (Å²) in [6, 6.07) is 1.72. The number of aliphatic hydroxyl groups is 1. The number of hydrogen-bond donors (Lipinski definition) is 1. The fourth-order valence-corrected chi connectivity index (χ4v) is 4.36. The first-order valence-corrected chi connectivity index (χ1v) is 8.36. The second-order valence-corrected chi connectivity index (χ2v) is 7.14. The molecule has 0 aliphatic carbocycles. The van der Waals surface area contributed by atoms with E-state index in [1.165, 1.54) is 18.5 Å². The van der Waals surface area contributed by atoms with Crippen molar-refractivity contribution in [2.75, 3.05) is 20.8 Å². The molecule has 2 rings (SSSR count). The number of aliphatic hydroxyl groups excluding tert-OH is 1. The highest BCUT2D eigenvalue weighted by Gasteiger charge is 2.36. The quantitative estimate of drug-likeness (QED) is 0.901. The topological polar surface area (TPSA) is 76.1 Å². The third-order valence-corrected chi connectivity index (χ3v) is 5.84. The summed E-state index contributed by atoms with van der Waals surface area (Å²) in [6.45, 7) is 1.84. The number of methoxy groups -OCH3 is 2. The van der Waals surface area contributed by atoms with Crippen LogP contribution in [0.3, 0.4) is 0 Å². The van der Waals surface area contributed by atoms with Crippen molar-refractivity contribution in [3.8, 4) is 11.5 Å². The number of benzene rings is 1. The van der Waals surface area contributed by atoms with Crippen molar-refractivity contribution in [2.45, 2.75) is 36.8 Å². The summed E-state index contributed by atoms with van der Waals surface area (Å²) >= 11 is 0. The van der Waals surface area contributed by atoms with E-state index in [1.54, 1.807) is 6.92 Å². The molecule has 1 aliphatic heterocycles. The normalized spacial score (nSPS) is 23.3. The molecular formula is C14H20FNO5S. The summed E-state index contributed by atoms with van der Waals surface area (Å²) in [7, 11) is -1.31. The molecule has 1 N–H and O–H groups in total. The van der Waals surface area contributed by atoms with Crippen LogP contribution >= 0.6 is 0 Å². The molecular weight excluding hydrogens is 313 g/mol. The molecule has 0 saturated carbocycles. The van der Waals surface area contributed by atoms with Gasteiger partial charge in [0.2, 0.25) is 10.0 Å². The van der Waals surface area contributed by atoms with Crippen LogP contribution in [0.15, 0.2) is 17.0 Å². The van der Waals surface area contributed by atoms with Crippen LogP contribution in [0.5, 0.6) is 11.5 Å². The smallest absolute Gasteiger partial charge is 0.246 e. The zero-order valence-corrected chi connectivity index (χ0v) is 13.6. The molecule has 0 amide bonds. The predicted molar refractivity (Wildman–Crippen MR) is 78.1 cm³/mol. The first-order chi connectivity index (χ1) is 10.3. The van der Waals surface area contributed by atoms with Crippen LogP contribution in [0, 0.1) is 5.82 Å². The molecule has 2 atom stereocenters. The molecule has 1 aromatic rings. The molecule has 0 unspecified atom stereocenters. The second kappa shape index (κ2) is 6.39. The second-order valence-electron chi connectivity index (χ2n) is 5.28. The van der Waals surface area contributed by atoms with E-state index >= 15 is 0 Å². The lowest BCUT2D eigenvalue weighted by molar-refractivity contribution is 0.0866. The summed E-state index contributed by atoms with van der Waals surface area (Å²) in [4.78, 5) is -0.451. The molecule has 22 heavy (non-hydrogen) atoms. The number of halogens is 1. The molecule has 0 radical (unpaired) electrons. The van der Waals surface area contributed by atoms with Gasteiger partial charge in [-0.1, -0.05) is 0 Å². The Kier molecular flexibility index (Phi) is 4.93. The van der Waals surface area contributed by atoms with Gasteiger partial charge in [0.25, 0.3) is 0 Å². The lowest BCUT2D eigenvalue weighted by Crippen LogP contribution is -2.46. The van der Waals surface area contributed by atoms with Gasteiger partial charge in [0.05, 0.1) is 20.3 Å². The van der Waals surface area contributed by atoms with E-state index in [4.69, 9.17) is 9.47 Å². The largest absolute Gasteiger partial charge is 0.493 e. The van der Waals surface area contributed by atoms with Crippen LogP contribution in [-0.4, -0.2) is 50.7 Å². The number of nitrogens with zero attached hydrogens (tertiary/aromatic N) is 1. The average Bonchev–Trinajstić information content (AvgIpc) is 2.46. The Morgan fingerprint density at radius 1 is 1.27 bits per heavy atom. The fraction of sp³-hybridized carbons (Fsp3) is 0.571. The summed E-state index contributed by atoms with van der Waals surface area (Å²) in [5.41, 5.74) is 0. The molecule has 1 aliphatic rings. The standard InChI is InChI=1S/C14H20FNO5S/c1-9-6-10(17)4-5-16(9)22(18,19)14-8-13(21-3)12(20-2)7-11(14)15/h7-10,17H,4-6H2,1-3H3/t9-,10-/m0/s1. The van der Waals surface area contributed by atoms with Crippen LogP contribution < -0.4 is 9.47 Å². The van der Waals surface area contributed by atoms with Crippen molar-refractivity contribution in [1.29, 1.82) is 0 Å². The van der Waals surface area contributed by atoms with E-state index in [0.29, 0.717) is 12.8 Å². The van der Waals surface area contributed by atoms with E-state index in [1.807, 2.05) is 0 Å². The van der Waals surface area contributed by atoms with Crippen molar-refractivity contribution < 1.29 is 27.4 Å². The van der Waals surface area contributed by atoms with Gasteiger partial charge in [-0.05, 0) is 19.8 Å². The van der Waals surface area contributed by atoms with Gasteiger partial charge in [-0.15, -0.1) is 0 Å². The zero-order valence-electron chi connectivity index (χ0n) is 12.7. The van der Waals surface area contributed by atoms with Gasteiger partial charge in [0.1, 0.15) is 10.7 Å². The predicted octanol–water partition coefficient (Wildman–Crippen LogP) is 1.38. The number of ether oxygens (including phenoxy) is 2. The first kappa shape index (κ1) is 17.0. The highest BCUT2D eigenvalue weighted by molar-refractivity contribution is 7.89. The van der Waals surface area contributed by atoms with E-state index in [0.717, 1.165) is 12.1 Å². The summed E-state index contributed by atoms with van der Waals surface area (Å²) in [6.07, 6.45) is 0.129. The Hall–Kier alpha value is -1.38. The van der Waals surface area contributed by atoms with Gasteiger partial charge >= 0.3 is 0 Å². The van der Waals surface area contributed by atoms with Crippen LogP contribution in [-0.2, 0) is 10.0 Å². The van der Waals surface area contributed by atoms with Crippen molar-refractivity contribution in [3.05, 3.63) is 17.9 Å². The Morgan fingerprint density at radius 2 is 1.86 bits per heavy atom. The van der Waals surface area contributed by atoms with Crippen LogP contribution in [0.4, 0.5) is 4.39 Å². The molecule has 1 heterocycles. The molecule has 0 spiro atoms. The molecule has 0 bridgehead atoms. The molecule has 6 nitrogen and oxygen atoms in total. The van der Waals surface area contributed by atoms with Gasteiger partial charge in [-0.2, -0.15) is 4.31 Å². The fourth-order valence-electron chi connectivity index (χ4n) is 2.64. The van der Waals surface area contributed by atoms with Gasteiger partial charge < -0.3 is 14.6 Å². The Balaban J connectivity index is 2.45. The van der Waals surface area contributed by atoms with Gasteiger partial charge in [-0.3, -0.25) is 0 Å². The number of piperidine rings is 1. The highest BCUT2D eigenvalue weighted by Crippen LogP contribution is 2.34. The summed E-state index contributed by atoms with van der Waals surface area (Å²) < 4.78 is 50.8. The monoisotopic (exact) mass is 333 g/mol. The Bertz CT molecular complexity index is 649. The van der Waals surface area contributed by atoms with E-state index in [-0.39, 0.29) is 18.0 Å². The van der Waals surface area contributed by atoms with E-state index < -0.39 is 32.9 Å². The van der Waals surface area contributed by atoms with Crippen molar-refractivity contribution >= 4 is 10.0 Å². The maximum Gasteiger partial charge on any atom is 0.246 e. The molecule has 1 aromatic carbocycles. The maximum atomic E-state index is 14.2. The molecule has 8 heteroatoms. The Labute approximate surface area is 129 Å². The van der Waals surface area contributed by atoms with Crippen LogP contribution in [0.1, 0.15) is 19.8 Å². The zero-order chi connectivity index (χ0) is 16.5. The lowest BCUT2D eigenvalue weighted by Gasteiger charge is -2.34. The number of hydrogen-bond acceptors (Lipinski definition) is 5. The summed E-state index contributed by atoms with van der Waals surface area (Å²) in [5, 5.41) is 9.61. The number of rotatable bonds is 4. The minimum atomic E-state index is -4.01. The third-order valence-electron chi connectivity index (χ3n) is 3.81. The first-order valence-electron chi connectivity index (χ1n) is 6.92. The van der Waals surface area contributed by atoms with Crippen molar-refractivity contribution in [2.24, 2.45) is 0 Å².